The van der Waals surface area contributed by atoms with Crippen molar-refractivity contribution in [2.24, 2.45) is 0 Å². The van der Waals surface area contributed by atoms with Crippen molar-refractivity contribution in [2.45, 2.75) is 37.8 Å². The van der Waals surface area contributed by atoms with Crippen molar-refractivity contribution in [3.8, 4) is 0 Å². The third-order valence-electron chi connectivity index (χ3n) is 4.81. The molecule has 1 aromatic carbocycles. The molecule has 3 N–H and O–H groups in total. The van der Waals surface area contributed by atoms with E-state index in [2.05, 4.69) is 30.6 Å². The first-order valence-corrected chi connectivity index (χ1v) is 9.50. The Morgan fingerprint density at radius 3 is 2.72 bits per heavy atom. The molecule has 1 fully saturated rings. The first-order chi connectivity index (χ1) is 14.0. The minimum atomic E-state index is -0.545. The first-order valence-electron chi connectivity index (χ1n) is 9.13. The van der Waals surface area contributed by atoms with Gasteiger partial charge in [-0.25, -0.2) is 19.9 Å². The zero-order chi connectivity index (χ0) is 20.4. The van der Waals surface area contributed by atoms with Crippen molar-refractivity contribution in [2.75, 3.05) is 10.6 Å². The summed E-state index contributed by atoms with van der Waals surface area (Å²) in [5.74, 6) is 0.843. The average Bonchev–Trinajstić information content (AvgIpc) is 2.71. The molecule has 2 heterocycles. The van der Waals surface area contributed by atoms with Crippen LogP contribution >= 0.6 is 11.6 Å². The van der Waals surface area contributed by atoms with E-state index in [-0.39, 0.29) is 22.9 Å². The number of halogens is 1. The number of aliphatic hydroxyl groups is 1. The van der Waals surface area contributed by atoms with Gasteiger partial charge in [0.05, 0.1) is 17.2 Å². The van der Waals surface area contributed by atoms with Crippen LogP contribution in [0.25, 0.3) is 11.0 Å². The topological polar surface area (TPSA) is 139 Å². The number of fused-ring (bicyclic) bond motifs is 1. The number of benzene rings is 1. The van der Waals surface area contributed by atoms with Crippen LogP contribution in [0.1, 0.15) is 25.7 Å². The van der Waals surface area contributed by atoms with Gasteiger partial charge in [0.2, 0.25) is 5.95 Å². The van der Waals surface area contributed by atoms with E-state index in [4.69, 9.17) is 11.6 Å². The standard InChI is InChI=1S/C18H18ClN7O3/c19-13-6-3-11(7-15(13)26(28)29)23-17-16-14(21-9-22-17)8-20-18(25-16)24-10-1-4-12(27)5-2-10/h3,6-10,12,27H,1-2,4-5H2,(H,20,24,25)(H,21,22,23)/t10-,12-. The summed E-state index contributed by atoms with van der Waals surface area (Å²) >= 11 is 5.87. The lowest BCUT2D eigenvalue weighted by Crippen LogP contribution is -2.28. The van der Waals surface area contributed by atoms with Crippen LogP contribution < -0.4 is 10.6 Å². The molecule has 4 rings (SSSR count). The molecule has 150 valence electrons. The van der Waals surface area contributed by atoms with Gasteiger partial charge in [-0.2, -0.15) is 0 Å². The van der Waals surface area contributed by atoms with Crippen molar-refractivity contribution in [3.05, 3.63) is 45.9 Å². The number of nitrogens with one attached hydrogen (secondary N) is 2. The van der Waals surface area contributed by atoms with Gasteiger partial charge in [-0.05, 0) is 37.8 Å². The van der Waals surface area contributed by atoms with E-state index in [1.165, 1.54) is 18.5 Å². The lowest BCUT2D eigenvalue weighted by Gasteiger charge is -2.26. The Labute approximate surface area is 170 Å². The zero-order valence-corrected chi connectivity index (χ0v) is 16.0. The van der Waals surface area contributed by atoms with Crippen LogP contribution in [-0.4, -0.2) is 42.1 Å². The van der Waals surface area contributed by atoms with E-state index in [0.29, 0.717) is 28.5 Å². The SMILES string of the molecule is O=[N+]([O-])c1cc(Nc2ncnc3cnc(N[C@H]4CC[C@H](O)CC4)nc23)ccc1Cl. The molecule has 0 amide bonds. The van der Waals surface area contributed by atoms with E-state index in [9.17, 15) is 15.2 Å². The van der Waals surface area contributed by atoms with Gasteiger partial charge in [0.15, 0.2) is 5.82 Å². The third kappa shape index (κ3) is 4.33. The molecule has 10 nitrogen and oxygen atoms in total. The molecule has 0 spiro atoms. The minimum absolute atomic E-state index is 0.0551. The molecule has 11 heteroatoms. The predicted molar refractivity (Wildman–Crippen MR) is 108 cm³/mol. The van der Waals surface area contributed by atoms with E-state index < -0.39 is 4.92 Å². The zero-order valence-electron chi connectivity index (χ0n) is 15.2. The normalized spacial score (nSPS) is 19.1. The highest BCUT2D eigenvalue weighted by atomic mass is 35.5. The van der Waals surface area contributed by atoms with E-state index >= 15 is 0 Å². The fraction of sp³-hybridized carbons (Fsp3) is 0.333. The van der Waals surface area contributed by atoms with Crippen molar-refractivity contribution in [3.63, 3.8) is 0 Å². The molecule has 0 radical (unpaired) electrons. The monoisotopic (exact) mass is 415 g/mol. The van der Waals surface area contributed by atoms with Crippen LogP contribution in [-0.2, 0) is 0 Å². The lowest BCUT2D eigenvalue weighted by atomic mass is 9.93. The maximum absolute atomic E-state index is 11.1. The van der Waals surface area contributed by atoms with Crippen LogP contribution in [0.2, 0.25) is 5.02 Å². The number of hydrogen-bond donors (Lipinski definition) is 3. The van der Waals surface area contributed by atoms with Gasteiger partial charge in [0, 0.05) is 17.8 Å². The number of anilines is 3. The molecule has 3 aromatic rings. The molecule has 0 unspecified atom stereocenters. The van der Waals surface area contributed by atoms with Crippen molar-refractivity contribution < 1.29 is 10.0 Å². The number of nitrogens with zero attached hydrogens (tertiary/aromatic N) is 5. The molecular weight excluding hydrogens is 398 g/mol. The van der Waals surface area contributed by atoms with Gasteiger partial charge in [0.1, 0.15) is 22.4 Å². The Balaban J connectivity index is 1.61. The van der Waals surface area contributed by atoms with Gasteiger partial charge in [0.25, 0.3) is 5.69 Å². The van der Waals surface area contributed by atoms with Crippen molar-refractivity contribution in [1.82, 2.24) is 19.9 Å². The molecule has 2 aromatic heterocycles. The second-order valence-electron chi connectivity index (χ2n) is 6.85. The predicted octanol–water partition coefficient (Wildman–Crippen LogP) is 3.44. The summed E-state index contributed by atoms with van der Waals surface area (Å²) in [4.78, 5) is 27.8. The highest BCUT2D eigenvalue weighted by molar-refractivity contribution is 6.32. The smallest absolute Gasteiger partial charge is 0.289 e. The molecule has 1 aliphatic rings. The summed E-state index contributed by atoms with van der Waals surface area (Å²) < 4.78 is 0. The minimum Gasteiger partial charge on any atom is -0.393 e. The van der Waals surface area contributed by atoms with Crippen LogP contribution in [0.4, 0.5) is 23.1 Å². The second kappa shape index (κ2) is 8.10. The molecule has 0 atom stereocenters. The summed E-state index contributed by atoms with van der Waals surface area (Å²) in [6.45, 7) is 0. The molecule has 0 saturated heterocycles. The Kier molecular flexibility index (Phi) is 5.36. The summed E-state index contributed by atoms with van der Waals surface area (Å²) in [6, 6.07) is 4.60. The Bertz CT molecular complexity index is 1060. The molecule has 1 saturated carbocycles. The van der Waals surface area contributed by atoms with Crippen molar-refractivity contribution in [1.29, 1.82) is 0 Å². The third-order valence-corrected chi connectivity index (χ3v) is 5.13. The lowest BCUT2D eigenvalue weighted by molar-refractivity contribution is -0.384. The van der Waals surface area contributed by atoms with Gasteiger partial charge in [-0.3, -0.25) is 10.1 Å². The van der Waals surface area contributed by atoms with E-state index in [1.54, 1.807) is 12.3 Å². The quantitative estimate of drug-likeness (QED) is 0.422. The Morgan fingerprint density at radius 2 is 1.97 bits per heavy atom. The number of rotatable bonds is 5. The maximum atomic E-state index is 11.1. The molecule has 0 bridgehead atoms. The largest absolute Gasteiger partial charge is 0.393 e. The maximum Gasteiger partial charge on any atom is 0.289 e. The Morgan fingerprint density at radius 1 is 1.17 bits per heavy atom. The fourth-order valence-electron chi connectivity index (χ4n) is 3.28. The van der Waals surface area contributed by atoms with Crippen molar-refractivity contribution >= 4 is 45.8 Å². The van der Waals surface area contributed by atoms with Gasteiger partial charge in [-0.1, -0.05) is 11.6 Å². The van der Waals surface area contributed by atoms with E-state index in [1.807, 2.05) is 0 Å². The summed E-state index contributed by atoms with van der Waals surface area (Å²) in [5, 5.41) is 27.2. The number of aliphatic hydroxyl groups excluding tert-OH is 1. The highest BCUT2D eigenvalue weighted by Gasteiger charge is 2.20. The van der Waals surface area contributed by atoms with Gasteiger partial charge < -0.3 is 15.7 Å². The first kappa shape index (κ1) is 19.2. The number of aromatic nitrogens is 4. The molecule has 29 heavy (non-hydrogen) atoms. The highest BCUT2D eigenvalue weighted by Crippen LogP contribution is 2.30. The van der Waals surface area contributed by atoms with Gasteiger partial charge in [-0.15, -0.1) is 0 Å². The average molecular weight is 416 g/mol. The van der Waals surface area contributed by atoms with Crippen LogP contribution in [0, 0.1) is 10.1 Å². The van der Waals surface area contributed by atoms with Crippen LogP contribution in [0.15, 0.2) is 30.7 Å². The fourth-order valence-corrected chi connectivity index (χ4v) is 3.47. The van der Waals surface area contributed by atoms with Gasteiger partial charge >= 0.3 is 0 Å². The molecule has 1 aliphatic carbocycles. The van der Waals surface area contributed by atoms with E-state index in [0.717, 1.165) is 25.7 Å². The Hall–Kier alpha value is -3.11. The van der Waals surface area contributed by atoms with Crippen LogP contribution in [0.3, 0.4) is 0 Å². The number of nitro benzene ring substituents is 1. The summed E-state index contributed by atoms with van der Waals surface area (Å²) in [7, 11) is 0. The molecular formula is C18H18ClN7O3. The van der Waals surface area contributed by atoms with Crippen LogP contribution in [0.5, 0.6) is 0 Å². The number of nitro groups is 1. The summed E-state index contributed by atoms with van der Waals surface area (Å²) in [6.07, 6.45) is 5.90. The second-order valence-corrected chi connectivity index (χ2v) is 7.26. The summed E-state index contributed by atoms with van der Waals surface area (Å²) in [5.41, 5.74) is 1.27. The number of hydrogen-bond acceptors (Lipinski definition) is 9. The molecule has 0 aliphatic heterocycles.